The molecule has 0 atom stereocenters. The SMILES string of the molecule is Cc1cc(C(F)(F)F)nc2nc(NC(=O)c3ccc(F)cc3)ccc12. The molecule has 128 valence electrons. The van der Waals surface area contributed by atoms with Crippen molar-refractivity contribution in [1.82, 2.24) is 9.97 Å². The molecule has 1 amide bonds. The van der Waals surface area contributed by atoms with Crippen molar-refractivity contribution < 1.29 is 22.4 Å². The first-order valence-corrected chi connectivity index (χ1v) is 7.16. The third kappa shape index (κ3) is 3.57. The number of amides is 1. The summed E-state index contributed by atoms with van der Waals surface area (Å²) in [5, 5.41) is 2.91. The standard InChI is InChI=1S/C17H11F4N3O/c1-9-8-13(17(19,20)21)22-15-12(9)6-7-14(23-15)24-16(25)10-2-4-11(18)5-3-10/h2-8H,1H3,(H,22,23,24,25). The van der Waals surface area contributed by atoms with Crippen molar-refractivity contribution in [2.75, 3.05) is 5.32 Å². The Balaban J connectivity index is 1.95. The first kappa shape index (κ1) is 16.8. The summed E-state index contributed by atoms with van der Waals surface area (Å²) in [4.78, 5) is 19.6. The van der Waals surface area contributed by atoms with Gasteiger partial charge < -0.3 is 5.32 Å². The molecule has 0 bridgehead atoms. The normalized spacial score (nSPS) is 11.6. The summed E-state index contributed by atoms with van der Waals surface area (Å²) in [6.07, 6.45) is -4.59. The Kier molecular flexibility index (Phi) is 4.12. The fraction of sp³-hybridized carbons (Fsp3) is 0.118. The van der Waals surface area contributed by atoms with Crippen molar-refractivity contribution in [3.8, 4) is 0 Å². The number of anilines is 1. The molecule has 25 heavy (non-hydrogen) atoms. The highest BCUT2D eigenvalue weighted by atomic mass is 19.4. The molecule has 1 N–H and O–H groups in total. The highest BCUT2D eigenvalue weighted by molar-refractivity contribution is 6.04. The first-order valence-electron chi connectivity index (χ1n) is 7.16. The van der Waals surface area contributed by atoms with Gasteiger partial charge in [0.1, 0.15) is 17.3 Å². The van der Waals surface area contributed by atoms with E-state index in [2.05, 4.69) is 15.3 Å². The number of hydrogen-bond acceptors (Lipinski definition) is 3. The number of hydrogen-bond donors (Lipinski definition) is 1. The van der Waals surface area contributed by atoms with Gasteiger partial charge in [-0.2, -0.15) is 13.2 Å². The van der Waals surface area contributed by atoms with Gasteiger partial charge in [0, 0.05) is 10.9 Å². The van der Waals surface area contributed by atoms with Crippen LogP contribution in [0.25, 0.3) is 11.0 Å². The molecule has 2 heterocycles. The maximum atomic E-state index is 12.9. The molecule has 0 aliphatic rings. The second-order valence-electron chi connectivity index (χ2n) is 5.35. The zero-order valence-electron chi connectivity index (χ0n) is 12.9. The summed E-state index contributed by atoms with van der Waals surface area (Å²) in [7, 11) is 0. The number of alkyl halides is 3. The van der Waals surface area contributed by atoms with Crippen molar-refractivity contribution >= 4 is 22.8 Å². The molecular formula is C17H11F4N3O. The summed E-state index contributed by atoms with van der Waals surface area (Å²) in [5.41, 5.74) is -0.603. The molecule has 2 aromatic heterocycles. The van der Waals surface area contributed by atoms with Crippen LogP contribution in [0.2, 0.25) is 0 Å². The summed E-state index contributed by atoms with van der Waals surface area (Å²) in [5.74, 6) is -0.997. The van der Waals surface area contributed by atoms with Crippen LogP contribution in [0, 0.1) is 12.7 Å². The molecule has 0 saturated carbocycles. The third-order valence-corrected chi connectivity index (χ3v) is 3.52. The summed E-state index contributed by atoms with van der Waals surface area (Å²) in [6.45, 7) is 1.53. The molecule has 4 nitrogen and oxygen atoms in total. The maximum Gasteiger partial charge on any atom is 0.433 e. The first-order chi connectivity index (χ1) is 11.7. The van der Waals surface area contributed by atoms with Gasteiger partial charge in [0.2, 0.25) is 0 Å². The van der Waals surface area contributed by atoms with E-state index in [1.165, 1.54) is 31.2 Å². The third-order valence-electron chi connectivity index (χ3n) is 3.52. The quantitative estimate of drug-likeness (QED) is 0.700. The Morgan fingerprint density at radius 3 is 2.36 bits per heavy atom. The van der Waals surface area contributed by atoms with E-state index in [9.17, 15) is 22.4 Å². The molecule has 0 spiro atoms. The van der Waals surface area contributed by atoms with Gasteiger partial charge >= 0.3 is 6.18 Å². The number of carbonyl (C=O) groups is 1. The summed E-state index contributed by atoms with van der Waals surface area (Å²) >= 11 is 0. The fourth-order valence-electron chi connectivity index (χ4n) is 2.28. The minimum atomic E-state index is -4.59. The Labute approximate surface area is 139 Å². The van der Waals surface area contributed by atoms with Crippen LogP contribution in [0.5, 0.6) is 0 Å². The number of halogens is 4. The van der Waals surface area contributed by atoms with Gasteiger partial charge in [-0.25, -0.2) is 14.4 Å². The highest BCUT2D eigenvalue weighted by Crippen LogP contribution is 2.30. The predicted molar refractivity (Wildman–Crippen MR) is 83.6 cm³/mol. The Morgan fingerprint density at radius 1 is 1.04 bits per heavy atom. The number of benzene rings is 1. The highest BCUT2D eigenvalue weighted by Gasteiger charge is 2.33. The van der Waals surface area contributed by atoms with Crippen LogP contribution in [-0.4, -0.2) is 15.9 Å². The van der Waals surface area contributed by atoms with Gasteiger partial charge in [-0.15, -0.1) is 0 Å². The van der Waals surface area contributed by atoms with E-state index in [-0.39, 0.29) is 17.0 Å². The number of rotatable bonds is 2. The zero-order chi connectivity index (χ0) is 18.2. The van der Waals surface area contributed by atoms with E-state index >= 15 is 0 Å². The van der Waals surface area contributed by atoms with Crippen LogP contribution in [0.1, 0.15) is 21.6 Å². The lowest BCUT2D eigenvalue weighted by Gasteiger charge is -2.10. The second kappa shape index (κ2) is 6.12. The molecule has 3 aromatic rings. The van der Waals surface area contributed by atoms with Crippen LogP contribution >= 0.6 is 0 Å². The number of pyridine rings is 2. The molecule has 0 aliphatic carbocycles. The van der Waals surface area contributed by atoms with Crippen LogP contribution in [0.3, 0.4) is 0 Å². The van der Waals surface area contributed by atoms with Crippen molar-refractivity contribution in [3.05, 3.63) is 65.1 Å². The largest absolute Gasteiger partial charge is 0.433 e. The monoisotopic (exact) mass is 349 g/mol. The molecule has 0 radical (unpaired) electrons. The molecule has 0 aliphatic heterocycles. The van der Waals surface area contributed by atoms with Crippen molar-refractivity contribution in [2.24, 2.45) is 0 Å². The smallest absolute Gasteiger partial charge is 0.306 e. The van der Waals surface area contributed by atoms with Gasteiger partial charge in [0.25, 0.3) is 5.91 Å². The topological polar surface area (TPSA) is 54.9 Å². The minimum Gasteiger partial charge on any atom is -0.306 e. The van der Waals surface area contributed by atoms with Gasteiger partial charge in [0.05, 0.1) is 0 Å². The van der Waals surface area contributed by atoms with Gasteiger partial charge in [-0.3, -0.25) is 4.79 Å². The molecule has 3 rings (SSSR count). The molecule has 8 heteroatoms. The van der Waals surface area contributed by atoms with E-state index in [0.29, 0.717) is 10.9 Å². The Bertz CT molecular complexity index is 953. The van der Waals surface area contributed by atoms with Gasteiger partial charge in [-0.05, 0) is 55.0 Å². The predicted octanol–water partition coefficient (Wildman–Crippen LogP) is 4.35. The van der Waals surface area contributed by atoms with Crippen LogP contribution in [-0.2, 0) is 6.18 Å². The average Bonchev–Trinajstić information content (AvgIpc) is 2.54. The maximum absolute atomic E-state index is 12.9. The number of carbonyl (C=O) groups excluding carboxylic acids is 1. The molecule has 0 fully saturated rings. The van der Waals surface area contributed by atoms with Crippen molar-refractivity contribution in [1.29, 1.82) is 0 Å². The number of fused-ring (bicyclic) bond motifs is 1. The van der Waals surface area contributed by atoms with Crippen LogP contribution in [0.4, 0.5) is 23.4 Å². The molecular weight excluding hydrogens is 338 g/mol. The number of nitrogens with one attached hydrogen (secondary N) is 1. The van der Waals surface area contributed by atoms with E-state index in [0.717, 1.165) is 18.2 Å². The van der Waals surface area contributed by atoms with Gasteiger partial charge in [0.15, 0.2) is 5.65 Å². The van der Waals surface area contributed by atoms with E-state index in [1.54, 1.807) is 0 Å². The second-order valence-corrected chi connectivity index (χ2v) is 5.35. The lowest BCUT2D eigenvalue weighted by atomic mass is 10.1. The number of nitrogens with zero attached hydrogens (tertiary/aromatic N) is 2. The Morgan fingerprint density at radius 2 is 1.72 bits per heavy atom. The fourth-order valence-corrected chi connectivity index (χ4v) is 2.28. The summed E-state index contributed by atoms with van der Waals surface area (Å²) < 4.78 is 51.5. The van der Waals surface area contributed by atoms with Gasteiger partial charge in [-0.1, -0.05) is 0 Å². The van der Waals surface area contributed by atoms with E-state index in [4.69, 9.17) is 0 Å². The van der Waals surface area contributed by atoms with E-state index in [1.807, 2.05) is 0 Å². The zero-order valence-corrected chi connectivity index (χ0v) is 12.9. The lowest BCUT2D eigenvalue weighted by Crippen LogP contribution is -2.13. The van der Waals surface area contributed by atoms with Crippen LogP contribution < -0.4 is 5.32 Å². The number of aromatic nitrogens is 2. The average molecular weight is 349 g/mol. The van der Waals surface area contributed by atoms with Crippen LogP contribution in [0.15, 0.2) is 42.5 Å². The van der Waals surface area contributed by atoms with Crippen molar-refractivity contribution in [2.45, 2.75) is 13.1 Å². The lowest BCUT2D eigenvalue weighted by molar-refractivity contribution is -0.141. The molecule has 0 saturated heterocycles. The minimum absolute atomic E-state index is 0.0491. The van der Waals surface area contributed by atoms with E-state index < -0.39 is 23.6 Å². The number of aryl methyl sites for hydroxylation is 1. The Hall–Kier alpha value is -3.03. The molecule has 0 unspecified atom stereocenters. The summed E-state index contributed by atoms with van der Waals surface area (Å²) in [6, 6.07) is 8.77. The van der Waals surface area contributed by atoms with Crippen molar-refractivity contribution in [3.63, 3.8) is 0 Å². The molecule has 1 aromatic carbocycles.